The Labute approximate surface area is 104 Å². The lowest BCUT2D eigenvalue weighted by molar-refractivity contribution is -0.142. The maximum absolute atomic E-state index is 12.1. The van der Waals surface area contributed by atoms with Crippen LogP contribution in [0.2, 0.25) is 0 Å². The fourth-order valence-corrected chi connectivity index (χ4v) is 1.53. The van der Waals surface area contributed by atoms with Crippen LogP contribution < -0.4 is 0 Å². The highest BCUT2D eigenvalue weighted by atomic mass is 16.2. The first-order valence-corrected chi connectivity index (χ1v) is 5.83. The molecule has 2 atom stereocenters. The molecular weight excluding hydrogens is 216 g/mol. The molecule has 4 nitrogen and oxygen atoms in total. The van der Waals surface area contributed by atoms with Crippen molar-refractivity contribution in [1.29, 1.82) is 0 Å². The van der Waals surface area contributed by atoms with Crippen LogP contribution in [0.1, 0.15) is 34.6 Å². The number of likely N-dealkylation sites (N-methyl/N-ethyl adjacent to an activating group) is 2. The van der Waals surface area contributed by atoms with E-state index in [1.54, 1.807) is 25.9 Å². The highest BCUT2D eigenvalue weighted by molar-refractivity contribution is 5.86. The Balaban J connectivity index is 4.71. The Hall–Kier alpha value is -1.32. The lowest BCUT2D eigenvalue weighted by Crippen LogP contribution is -2.48. The summed E-state index contributed by atoms with van der Waals surface area (Å²) >= 11 is 0. The largest absolute Gasteiger partial charge is 0.338 e. The molecule has 0 saturated carbocycles. The second kappa shape index (κ2) is 6.42. The minimum Gasteiger partial charge on any atom is -0.338 e. The van der Waals surface area contributed by atoms with Gasteiger partial charge in [0, 0.05) is 27.1 Å². The van der Waals surface area contributed by atoms with Crippen molar-refractivity contribution in [2.75, 3.05) is 14.1 Å². The number of hydrogen-bond acceptors (Lipinski definition) is 2. The Morgan fingerprint density at radius 3 is 1.82 bits per heavy atom. The Morgan fingerprint density at radius 1 is 1.00 bits per heavy atom. The first-order chi connectivity index (χ1) is 7.68. The number of nitrogens with zero attached hydrogens (tertiary/aromatic N) is 2. The summed E-state index contributed by atoms with van der Waals surface area (Å²) in [6.07, 6.45) is 2.03. The zero-order chi connectivity index (χ0) is 13.7. The number of carbonyl (C=O) groups excluding carboxylic acids is 2. The maximum atomic E-state index is 12.1. The van der Waals surface area contributed by atoms with Crippen molar-refractivity contribution in [3.05, 3.63) is 11.6 Å². The summed E-state index contributed by atoms with van der Waals surface area (Å²) < 4.78 is 0. The van der Waals surface area contributed by atoms with Crippen LogP contribution in [-0.2, 0) is 9.59 Å². The zero-order valence-corrected chi connectivity index (χ0v) is 11.9. The molecule has 2 amide bonds. The SMILES string of the molecule is CC(=O)N(C)C(C)C(=O)N(C)C(C)C=C(C)C. The molecule has 0 bridgehead atoms. The van der Waals surface area contributed by atoms with E-state index >= 15 is 0 Å². The second-order valence-corrected chi connectivity index (χ2v) is 4.74. The third kappa shape index (κ3) is 4.59. The second-order valence-electron chi connectivity index (χ2n) is 4.74. The van der Waals surface area contributed by atoms with E-state index in [2.05, 4.69) is 0 Å². The fraction of sp³-hybridized carbons (Fsp3) is 0.692. The molecule has 0 fully saturated rings. The van der Waals surface area contributed by atoms with Crippen LogP contribution in [0.15, 0.2) is 11.6 Å². The summed E-state index contributed by atoms with van der Waals surface area (Å²) in [6, 6.07) is -0.388. The molecule has 0 aliphatic carbocycles. The van der Waals surface area contributed by atoms with Crippen molar-refractivity contribution in [1.82, 2.24) is 9.80 Å². The number of amides is 2. The number of rotatable bonds is 4. The van der Waals surface area contributed by atoms with Crippen LogP contribution in [0, 0.1) is 0 Å². The highest BCUT2D eigenvalue weighted by Gasteiger charge is 2.24. The van der Waals surface area contributed by atoms with E-state index in [1.807, 2.05) is 26.8 Å². The van der Waals surface area contributed by atoms with Crippen molar-refractivity contribution in [2.45, 2.75) is 46.7 Å². The van der Waals surface area contributed by atoms with Crippen molar-refractivity contribution >= 4 is 11.8 Å². The van der Waals surface area contributed by atoms with Crippen LogP contribution in [0.3, 0.4) is 0 Å². The van der Waals surface area contributed by atoms with E-state index in [0.29, 0.717) is 0 Å². The molecule has 0 aliphatic heterocycles. The standard InChI is InChI=1S/C13H24N2O2/c1-9(2)8-10(3)14(6)13(17)11(4)15(7)12(5)16/h8,10-11H,1-7H3. The molecule has 0 rings (SSSR count). The van der Waals surface area contributed by atoms with Crippen LogP contribution >= 0.6 is 0 Å². The van der Waals surface area contributed by atoms with Crippen LogP contribution in [-0.4, -0.2) is 47.8 Å². The van der Waals surface area contributed by atoms with E-state index in [4.69, 9.17) is 0 Å². The average molecular weight is 240 g/mol. The van der Waals surface area contributed by atoms with Crippen LogP contribution in [0.5, 0.6) is 0 Å². The molecule has 0 aromatic carbocycles. The first-order valence-electron chi connectivity index (χ1n) is 5.83. The average Bonchev–Trinajstić information content (AvgIpc) is 2.23. The van der Waals surface area contributed by atoms with Gasteiger partial charge in [-0.1, -0.05) is 11.6 Å². The Bertz CT molecular complexity index is 319. The molecule has 0 spiro atoms. The van der Waals surface area contributed by atoms with E-state index in [-0.39, 0.29) is 17.9 Å². The summed E-state index contributed by atoms with van der Waals surface area (Å²) in [5.74, 6) is -0.151. The van der Waals surface area contributed by atoms with Gasteiger partial charge in [-0.2, -0.15) is 0 Å². The van der Waals surface area contributed by atoms with Gasteiger partial charge >= 0.3 is 0 Å². The molecule has 0 aromatic rings. The molecule has 2 unspecified atom stereocenters. The minimum atomic E-state index is -0.425. The number of carbonyl (C=O) groups is 2. The molecular formula is C13H24N2O2. The molecule has 0 aliphatic rings. The van der Waals surface area contributed by atoms with Gasteiger partial charge < -0.3 is 9.80 Å². The lowest BCUT2D eigenvalue weighted by atomic mass is 10.1. The van der Waals surface area contributed by atoms with Gasteiger partial charge in [0.2, 0.25) is 11.8 Å². The monoisotopic (exact) mass is 240 g/mol. The number of allylic oxidation sites excluding steroid dienone is 1. The molecule has 4 heteroatoms. The molecule has 0 heterocycles. The normalized spacial score (nSPS) is 13.6. The van der Waals surface area contributed by atoms with E-state index < -0.39 is 6.04 Å². The van der Waals surface area contributed by atoms with Gasteiger partial charge in [-0.05, 0) is 27.7 Å². The Kier molecular flexibility index (Phi) is 5.93. The summed E-state index contributed by atoms with van der Waals surface area (Å²) in [5.41, 5.74) is 1.17. The molecule has 0 radical (unpaired) electrons. The van der Waals surface area contributed by atoms with Gasteiger partial charge in [0.15, 0.2) is 0 Å². The maximum Gasteiger partial charge on any atom is 0.245 e. The van der Waals surface area contributed by atoms with Gasteiger partial charge in [0.25, 0.3) is 0 Å². The van der Waals surface area contributed by atoms with Gasteiger partial charge in [0.1, 0.15) is 6.04 Å². The molecule has 17 heavy (non-hydrogen) atoms. The predicted molar refractivity (Wildman–Crippen MR) is 69.6 cm³/mol. The highest BCUT2D eigenvalue weighted by Crippen LogP contribution is 2.07. The van der Waals surface area contributed by atoms with Crippen molar-refractivity contribution < 1.29 is 9.59 Å². The lowest BCUT2D eigenvalue weighted by Gasteiger charge is -2.30. The topological polar surface area (TPSA) is 40.6 Å². The van der Waals surface area contributed by atoms with Crippen molar-refractivity contribution in [2.24, 2.45) is 0 Å². The quantitative estimate of drug-likeness (QED) is 0.701. The third-order valence-corrected chi connectivity index (χ3v) is 2.97. The van der Waals surface area contributed by atoms with E-state index in [9.17, 15) is 9.59 Å². The molecule has 98 valence electrons. The zero-order valence-electron chi connectivity index (χ0n) is 11.9. The fourth-order valence-electron chi connectivity index (χ4n) is 1.53. The number of hydrogen-bond donors (Lipinski definition) is 0. The minimum absolute atomic E-state index is 0.0373. The van der Waals surface area contributed by atoms with Gasteiger partial charge in [0.05, 0.1) is 0 Å². The summed E-state index contributed by atoms with van der Waals surface area (Å²) in [4.78, 5) is 26.4. The van der Waals surface area contributed by atoms with Crippen LogP contribution in [0.25, 0.3) is 0 Å². The summed E-state index contributed by atoms with van der Waals surface area (Å²) in [5, 5.41) is 0. The van der Waals surface area contributed by atoms with Crippen molar-refractivity contribution in [3.8, 4) is 0 Å². The van der Waals surface area contributed by atoms with E-state index in [1.165, 1.54) is 17.4 Å². The Morgan fingerprint density at radius 2 is 1.47 bits per heavy atom. The predicted octanol–water partition coefficient (Wildman–Crippen LogP) is 1.67. The van der Waals surface area contributed by atoms with Crippen molar-refractivity contribution in [3.63, 3.8) is 0 Å². The first kappa shape index (κ1) is 15.7. The molecule has 0 aromatic heterocycles. The van der Waals surface area contributed by atoms with Gasteiger partial charge in [-0.3, -0.25) is 9.59 Å². The molecule has 0 saturated heterocycles. The van der Waals surface area contributed by atoms with Gasteiger partial charge in [-0.25, -0.2) is 0 Å². The summed E-state index contributed by atoms with van der Waals surface area (Å²) in [6.45, 7) is 9.17. The molecule has 0 N–H and O–H groups in total. The van der Waals surface area contributed by atoms with Gasteiger partial charge in [-0.15, -0.1) is 0 Å². The summed E-state index contributed by atoms with van der Waals surface area (Å²) in [7, 11) is 3.40. The van der Waals surface area contributed by atoms with E-state index in [0.717, 1.165) is 0 Å². The van der Waals surface area contributed by atoms with Crippen LogP contribution in [0.4, 0.5) is 0 Å². The third-order valence-electron chi connectivity index (χ3n) is 2.97. The smallest absolute Gasteiger partial charge is 0.245 e.